The molecule has 1 aromatic rings. The first kappa shape index (κ1) is 12.1. The molecule has 0 heterocycles. The third kappa shape index (κ3) is 2.43. The lowest BCUT2D eigenvalue weighted by atomic mass is 9.75. The Morgan fingerprint density at radius 2 is 2.11 bits per heavy atom. The second-order valence-electron chi connectivity index (χ2n) is 5.96. The van der Waals surface area contributed by atoms with Crippen molar-refractivity contribution in [2.24, 2.45) is 5.41 Å². The van der Waals surface area contributed by atoms with Crippen molar-refractivity contribution < 1.29 is 9.50 Å². The van der Waals surface area contributed by atoms with E-state index in [1.807, 2.05) is 6.07 Å². The average Bonchev–Trinajstić information content (AvgIpc) is 3.08. The van der Waals surface area contributed by atoms with Crippen molar-refractivity contribution in [1.82, 2.24) is 5.32 Å². The highest BCUT2D eigenvalue weighted by atomic mass is 19.1. The van der Waals surface area contributed by atoms with Gasteiger partial charge in [-0.1, -0.05) is 12.1 Å². The van der Waals surface area contributed by atoms with Gasteiger partial charge >= 0.3 is 0 Å². The number of hydrogen-bond donors (Lipinski definition) is 2. The van der Waals surface area contributed by atoms with Crippen molar-refractivity contribution in [1.29, 1.82) is 0 Å². The van der Waals surface area contributed by atoms with E-state index in [4.69, 9.17) is 0 Å². The van der Waals surface area contributed by atoms with Crippen molar-refractivity contribution in [2.45, 2.75) is 37.6 Å². The molecular formula is C15H20FNO. The fraction of sp³-hybridized carbons (Fsp3) is 0.600. The quantitative estimate of drug-likeness (QED) is 0.840. The molecule has 0 saturated heterocycles. The average molecular weight is 249 g/mol. The SMILES string of the molecule is OCC1(CNC2CC(c3cccc(F)c3)C2)CC1. The minimum absolute atomic E-state index is 0.138. The van der Waals surface area contributed by atoms with Crippen LogP contribution in [0.5, 0.6) is 0 Å². The van der Waals surface area contributed by atoms with Crippen molar-refractivity contribution in [3.05, 3.63) is 35.6 Å². The molecule has 0 spiro atoms. The number of aliphatic hydroxyl groups is 1. The molecule has 98 valence electrons. The molecule has 2 nitrogen and oxygen atoms in total. The fourth-order valence-corrected chi connectivity index (χ4v) is 2.75. The van der Waals surface area contributed by atoms with E-state index in [0.29, 0.717) is 18.6 Å². The summed E-state index contributed by atoms with van der Waals surface area (Å²) in [5, 5.41) is 12.8. The molecule has 0 atom stereocenters. The van der Waals surface area contributed by atoms with E-state index in [1.165, 1.54) is 6.07 Å². The molecule has 2 fully saturated rings. The van der Waals surface area contributed by atoms with Crippen LogP contribution in [-0.4, -0.2) is 24.3 Å². The van der Waals surface area contributed by atoms with Gasteiger partial charge in [0.15, 0.2) is 0 Å². The lowest BCUT2D eigenvalue weighted by molar-refractivity contribution is 0.190. The Bertz CT molecular complexity index is 424. The monoisotopic (exact) mass is 249 g/mol. The Hall–Kier alpha value is -0.930. The zero-order valence-corrected chi connectivity index (χ0v) is 10.5. The molecule has 2 saturated carbocycles. The van der Waals surface area contributed by atoms with Gasteiger partial charge in [-0.2, -0.15) is 0 Å². The molecule has 3 heteroatoms. The summed E-state index contributed by atoms with van der Waals surface area (Å²) < 4.78 is 13.1. The van der Waals surface area contributed by atoms with Gasteiger partial charge in [0.05, 0.1) is 0 Å². The maximum atomic E-state index is 13.1. The van der Waals surface area contributed by atoms with Gasteiger partial charge in [-0.25, -0.2) is 4.39 Å². The van der Waals surface area contributed by atoms with Crippen LogP contribution < -0.4 is 5.32 Å². The number of aliphatic hydroxyl groups excluding tert-OH is 1. The predicted octanol–water partition coefficient (Wildman–Crippen LogP) is 2.43. The van der Waals surface area contributed by atoms with Crippen LogP contribution in [0.3, 0.4) is 0 Å². The molecule has 2 aliphatic rings. The van der Waals surface area contributed by atoms with Gasteiger partial charge in [0.1, 0.15) is 5.82 Å². The topological polar surface area (TPSA) is 32.3 Å². The highest BCUT2D eigenvalue weighted by Gasteiger charge is 2.42. The van der Waals surface area contributed by atoms with Gasteiger partial charge in [0.2, 0.25) is 0 Å². The summed E-state index contributed by atoms with van der Waals surface area (Å²) in [7, 11) is 0. The summed E-state index contributed by atoms with van der Waals surface area (Å²) in [6.45, 7) is 1.24. The number of rotatable bonds is 5. The molecule has 2 aliphatic carbocycles. The molecule has 1 aromatic carbocycles. The maximum Gasteiger partial charge on any atom is 0.123 e. The molecule has 0 aromatic heterocycles. The normalized spacial score (nSPS) is 28.8. The minimum Gasteiger partial charge on any atom is -0.396 e. The van der Waals surface area contributed by atoms with Crippen LogP contribution in [0.15, 0.2) is 24.3 Å². The largest absolute Gasteiger partial charge is 0.396 e. The molecule has 2 N–H and O–H groups in total. The van der Waals surface area contributed by atoms with Crippen molar-refractivity contribution in [3.8, 4) is 0 Å². The fourth-order valence-electron chi connectivity index (χ4n) is 2.75. The third-order valence-electron chi connectivity index (χ3n) is 4.52. The smallest absolute Gasteiger partial charge is 0.123 e. The first-order valence-electron chi connectivity index (χ1n) is 6.80. The van der Waals surface area contributed by atoms with E-state index < -0.39 is 0 Å². The summed E-state index contributed by atoms with van der Waals surface area (Å²) in [5.74, 6) is 0.364. The van der Waals surface area contributed by atoms with Crippen molar-refractivity contribution in [2.75, 3.05) is 13.2 Å². The molecule has 0 unspecified atom stereocenters. The van der Waals surface area contributed by atoms with Crippen LogP contribution in [-0.2, 0) is 0 Å². The summed E-state index contributed by atoms with van der Waals surface area (Å²) in [4.78, 5) is 0. The Morgan fingerprint density at radius 1 is 1.33 bits per heavy atom. The number of nitrogens with one attached hydrogen (secondary N) is 1. The summed E-state index contributed by atoms with van der Waals surface area (Å²) >= 11 is 0. The molecular weight excluding hydrogens is 229 g/mol. The molecule has 3 rings (SSSR count). The maximum absolute atomic E-state index is 13.1. The van der Waals surface area contributed by atoms with Crippen LogP contribution in [0.25, 0.3) is 0 Å². The highest BCUT2D eigenvalue weighted by molar-refractivity contribution is 5.23. The van der Waals surface area contributed by atoms with Gasteiger partial charge in [-0.3, -0.25) is 0 Å². The van der Waals surface area contributed by atoms with E-state index >= 15 is 0 Å². The van der Waals surface area contributed by atoms with Crippen LogP contribution in [0.2, 0.25) is 0 Å². The van der Waals surface area contributed by atoms with Crippen LogP contribution >= 0.6 is 0 Å². The van der Waals surface area contributed by atoms with Gasteiger partial charge in [-0.05, 0) is 49.3 Å². The molecule has 0 radical (unpaired) electrons. The predicted molar refractivity (Wildman–Crippen MR) is 68.9 cm³/mol. The van der Waals surface area contributed by atoms with Crippen molar-refractivity contribution in [3.63, 3.8) is 0 Å². The van der Waals surface area contributed by atoms with Gasteiger partial charge in [0, 0.05) is 24.6 Å². The van der Waals surface area contributed by atoms with Crippen LogP contribution in [0.4, 0.5) is 4.39 Å². The van der Waals surface area contributed by atoms with Gasteiger partial charge in [-0.15, -0.1) is 0 Å². The first-order chi connectivity index (χ1) is 8.71. The zero-order valence-electron chi connectivity index (χ0n) is 10.5. The number of benzene rings is 1. The van der Waals surface area contributed by atoms with E-state index in [1.54, 1.807) is 12.1 Å². The summed E-state index contributed by atoms with van der Waals surface area (Å²) in [6, 6.07) is 7.49. The third-order valence-corrected chi connectivity index (χ3v) is 4.52. The standard InChI is InChI=1S/C15H20FNO/c16-13-3-1-2-11(6-13)12-7-14(8-12)17-9-15(10-18)4-5-15/h1-3,6,12,14,17-18H,4-5,7-10H2. The first-order valence-corrected chi connectivity index (χ1v) is 6.80. The minimum atomic E-state index is -0.138. The van der Waals surface area contributed by atoms with Crippen LogP contribution in [0.1, 0.15) is 37.2 Å². The number of hydrogen-bond acceptors (Lipinski definition) is 2. The van der Waals surface area contributed by atoms with Gasteiger partial charge in [0.25, 0.3) is 0 Å². The highest BCUT2D eigenvalue weighted by Crippen LogP contribution is 2.45. The Balaban J connectivity index is 1.46. The molecule has 0 aliphatic heterocycles. The zero-order chi connectivity index (χ0) is 12.6. The van der Waals surface area contributed by atoms with Crippen LogP contribution in [0, 0.1) is 11.2 Å². The lowest BCUT2D eigenvalue weighted by Crippen LogP contribution is -2.43. The Kier molecular flexibility index (Phi) is 3.12. The Morgan fingerprint density at radius 3 is 2.72 bits per heavy atom. The molecule has 0 bridgehead atoms. The molecule has 0 amide bonds. The lowest BCUT2D eigenvalue weighted by Gasteiger charge is -2.37. The summed E-state index contributed by atoms with van der Waals surface area (Å²) in [5.41, 5.74) is 1.31. The molecule has 18 heavy (non-hydrogen) atoms. The van der Waals surface area contributed by atoms with E-state index in [2.05, 4.69) is 5.32 Å². The second-order valence-corrected chi connectivity index (χ2v) is 5.96. The van der Waals surface area contributed by atoms with E-state index in [9.17, 15) is 9.50 Å². The second kappa shape index (κ2) is 4.63. The number of halogens is 1. The Labute approximate surface area is 107 Å². The summed E-state index contributed by atoms with van der Waals surface area (Å²) in [6.07, 6.45) is 4.48. The van der Waals surface area contributed by atoms with Gasteiger partial charge < -0.3 is 10.4 Å². The van der Waals surface area contributed by atoms with Crippen molar-refractivity contribution >= 4 is 0 Å². The van der Waals surface area contributed by atoms with E-state index in [-0.39, 0.29) is 11.2 Å². The van der Waals surface area contributed by atoms with E-state index in [0.717, 1.165) is 37.8 Å².